The monoisotopic (exact) mass is 288 g/mol. The predicted octanol–water partition coefficient (Wildman–Crippen LogP) is 0.678. The Morgan fingerprint density at radius 3 is 2.33 bits per heavy atom. The van der Waals surface area contributed by atoms with Gasteiger partial charge in [0.2, 0.25) is 5.91 Å². The fraction of sp³-hybridized carbons (Fsp3) is 0.455. The van der Waals surface area contributed by atoms with Gasteiger partial charge in [0.25, 0.3) is 5.91 Å². The Kier molecular flexibility index (Phi) is 4.21. The molecule has 0 unspecified atom stereocenters. The van der Waals surface area contributed by atoms with E-state index in [0.717, 1.165) is 0 Å². The first-order valence-corrected chi connectivity index (χ1v) is 6.74. The van der Waals surface area contributed by atoms with E-state index < -0.39 is 6.61 Å². The molecule has 0 spiro atoms. The van der Waals surface area contributed by atoms with Crippen LogP contribution in [0.25, 0.3) is 0 Å². The molecule has 1 fully saturated rings. The number of nitrogens with zero attached hydrogens (tertiary/aromatic N) is 2. The summed E-state index contributed by atoms with van der Waals surface area (Å²) in [5.74, 6) is -0.343. The maximum absolute atomic E-state index is 12.1. The Bertz CT molecular complexity index is 455. The van der Waals surface area contributed by atoms with Crippen molar-refractivity contribution in [1.82, 2.24) is 9.80 Å². The number of amides is 2. The van der Waals surface area contributed by atoms with Crippen molar-refractivity contribution < 1.29 is 14.7 Å². The van der Waals surface area contributed by atoms with Crippen LogP contribution in [0.15, 0.2) is 12.1 Å². The predicted molar refractivity (Wildman–Crippen MR) is 68.9 cm³/mol. The summed E-state index contributed by atoms with van der Waals surface area (Å²) in [5, 5.41) is 8.76. The second-order valence-electron chi connectivity index (χ2n) is 3.93. The average molecular weight is 289 g/mol. The van der Waals surface area contributed by atoms with E-state index in [2.05, 4.69) is 0 Å². The van der Waals surface area contributed by atoms with E-state index in [9.17, 15) is 9.59 Å². The molecular formula is C11H13ClN2O3S. The largest absolute Gasteiger partial charge is 0.387 e. The van der Waals surface area contributed by atoms with Crippen LogP contribution in [0.3, 0.4) is 0 Å². The van der Waals surface area contributed by atoms with E-state index in [0.29, 0.717) is 35.4 Å². The number of halogens is 1. The van der Waals surface area contributed by atoms with Gasteiger partial charge in [-0.25, -0.2) is 0 Å². The standard InChI is InChI=1S/C11H13ClN2O3S/c12-9-2-1-8(18-9)11(17)14-5-3-13(4-6-14)10(16)7-15/h1-2,15H,3-7H2. The number of carbonyl (C=O) groups excluding carboxylic acids is 2. The van der Waals surface area contributed by atoms with E-state index >= 15 is 0 Å². The molecule has 0 atom stereocenters. The van der Waals surface area contributed by atoms with E-state index in [4.69, 9.17) is 16.7 Å². The molecule has 1 aliphatic heterocycles. The van der Waals surface area contributed by atoms with Gasteiger partial charge in [-0.1, -0.05) is 11.6 Å². The summed E-state index contributed by atoms with van der Waals surface area (Å²) in [6.07, 6.45) is 0. The van der Waals surface area contributed by atoms with Crippen LogP contribution < -0.4 is 0 Å². The van der Waals surface area contributed by atoms with Gasteiger partial charge in [0, 0.05) is 26.2 Å². The zero-order valence-corrected chi connectivity index (χ0v) is 11.2. The zero-order chi connectivity index (χ0) is 13.1. The smallest absolute Gasteiger partial charge is 0.264 e. The average Bonchev–Trinajstić information content (AvgIpc) is 2.84. The fourth-order valence-electron chi connectivity index (χ4n) is 1.84. The molecule has 0 bridgehead atoms. The van der Waals surface area contributed by atoms with Crippen molar-refractivity contribution in [2.75, 3.05) is 32.8 Å². The first-order valence-electron chi connectivity index (χ1n) is 5.55. The summed E-state index contributed by atoms with van der Waals surface area (Å²) in [6, 6.07) is 3.41. The normalized spacial score (nSPS) is 15.9. The molecule has 1 aliphatic rings. The van der Waals surface area contributed by atoms with Crippen LogP contribution in [0.4, 0.5) is 0 Å². The molecule has 98 valence electrons. The molecule has 5 nitrogen and oxygen atoms in total. The van der Waals surface area contributed by atoms with Crippen molar-refractivity contribution in [3.05, 3.63) is 21.3 Å². The Labute approximate surface area is 114 Å². The van der Waals surface area contributed by atoms with Crippen molar-refractivity contribution in [2.45, 2.75) is 0 Å². The van der Waals surface area contributed by atoms with E-state index in [1.807, 2.05) is 0 Å². The summed E-state index contributed by atoms with van der Waals surface area (Å²) in [5.41, 5.74) is 0. The number of thiophene rings is 1. The summed E-state index contributed by atoms with van der Waals surface area (Å²) < 4.78 is 0.590. The Morgan fingerprint density at radius 1 is 1.22 bits per heavy atom. The number of hydrogen-bond acceptors (Lipinski definition) is 4. The SMILES string of the molecule is O=C(CO)N1CCN(C(=O)c2ccc(Cl)s2)CC1. The van der Waals surface area contributed by atoms with Gasteiger partial charge in [-0.2, -0.15) is 0 Å². The highest BCUT2D eigenvalue weighted by molar-refractivity contribution is 7.17. The molecule has 1 aromatic rings. The second-order valence-corrected chi connectivity index (χ2v) is 5.65. The maximum atomic E-state index is 12.1. The van der Waals surface area contributed by atoms with Crippen LogP contribution in [-0.4, -0.2) is 59.5 Å². The molecule has 0 radical (unpaired) electrons. The summed E-state index contributed by atoms with van der Waals surface area (Å²) in [6.45, 7) is 1.42. The van der Waals surface area contributed by atoms with Crippen molar-refractivity contribution >= 4 is 34.8 Å². The van der Waals surface area contributed by atoms with Crippen molar-refractivity contribution in [1.29, 1.82) is 0 Å². The van der Waals surface area contributed by atoms with Gasteiger partial charge in [0.15, 0.2) is 0 Å². The molecule has 0 saturated carbocycles. The first-order chi connectivity index (χ1) is 8.61. The minimum absolute atomic E-state index is 0.0528. The minimum atomic E-state index is -0.478. The molecule has 1 N–H and O–H groups in total. The lowest BCUT2D eigenvalue weighted by Gasteiger charge is -2.34. The Hall–Kier alpha value is -1.11. The van der Waals surface area contributed by atoms with Crippen LogP contribution >= 0.6 is 22.9 Å². The van der Waals surface area contributed by atoms with Gasteiger partial charge < -0.3 is 14.9 Å². The third-order valence-corrected chi connectivity index (χ3v) is 4.06. The molecular weight excluding hydrogens is 276 g/mol. The number of carbonyl (C=O) groups is 2. The van der Waals surface area contributed by atoms with Gasteiger partial charge in [0.1, 0.15) is 6.61 Å². The Balaban J connectivity index is 1.94. The highest BCUT2D eigenvalue weighted by Gasteiger charge is 2.25. The number of hydrogen-bond donors (Lipinski definition) is 1. The van der Waals surface area contributed by atoms with Crippen LogP contribution in [0, 0.1) is 0 Å². The zero-order valence-electron chi connectivity index (χ0n) is 9.63. The van der Waals surface area contributed by atoms with Gasteiger partial charge in [-0.15, -0.1) is 11.3 Å². The number of aliphatic hydroxyl groups excluding tert-OH is 1. The lowest BCUT2D eigenvalue weighted by Crippen LogP contribution is -2.51. The third-order valence-electron chi connectivity index (χ3n) is 2.84. The van der Waals surface area contributed by atoms with Crippen molar-refractivity contribution in [3.8, 4) is 0 Å². The maximum Gasteiger partial charge on any atom is 0.264 e. The number of rotatable bonds is 2. The first kappa shape index (κ1) is 13.3. The highest BCUT2D eigenvalue weighted by Crippen LogP contribution is 2.23. The topological polar surface area (TPSA) is 60.9 Å². The lowest BCUT2D eigenvalue weighted by molar-refractivity contribution is -0.135. The molecule has 2 amide bonds. The van der Waals surface area contributed by atoms with Gasteiger partial charge in [0.05, 0.1) is 9.21 Å². The molecule has 18 heavy (non-hydrogen) atoms. The molecule has 0 aromatic carbocycles. The Morgan fingerprint density at radius 2 is 1.83 bits per heavy atom. The number of piperazine rings is 1. The molecule has 2 heterocycles. The van der Waals surface area contributed by atoms with Crippen LogP contribution in [0.1, 0.15) is 9.67 Å². The molecule has 7 heteroatoms. The summed E-state index contributed by atoms with van der Waals surface area (Å²) in [7, 11) is 0. The van der Waals surface area contributed by atoms with Gasteiger partial charge in [-0.3, -0.25) is 9.59 Å². The van der Waals surface area contributed by atoms with Crippen LogP contribution in [0.2, 0.25) is 4.34 Å². The van der Waals surface area contributed by atoms with Crippen molar-refractivity contribution in [2.24, 2.45) is 0 Å². The van der Waals surface area contributed by atoms with E-state index in [1.165, 1.54) is 11.3 Å². The van der Waals surface area contributed by atoms with Crippen molar-refractivity contribution in [3.63, 3.8) is 0 Å². The van der Waals surface area contributed by atoms with Crippen LogP contribution in [0.5, 0.6) is 0 Å². The lowest BCUT2D eigenvalue weighted by atomic mass is 10.3. The molecule has 2 rings (SSSR count). The molecule has 1 saturated heterocycles. The minimum Gasteiger partial charge on any atom is -0.387 e. The second kappa shape index (κ2) is 5.69. The van der Waals surface area contributed by atoms with E-state index in [-0.39, 0.29) is 11.8 Å². The van der Waals surface area contributed by atoms with Gasteiger partial charge >= 0.3 is 0 Å². The highest BCUT2D eigenvalue weighted by atomic mass is 35.5. The van der Waals surface area contributed by atoms with E-state index in [1.54, 1.807) is 21.9 Å². The third kappa shape index (κ3) is 2.82. The molecule has 1 aromatic heterocycles. The number of aliphatic hydroxyl groups is 1. The quantitative estimate of drug-likeness (QED) is 0.870. The fourth-order valence-corrected chi connectivity index (χ4v) is 2.86. The van der Waals surface area contributed by atoms with Gasteiger partial charge in [-0.05, 0) is 12.1 Å². The summed E-state index contributed by atoms with van der Waals surface area (Å²) >= 11 is 7.05. The molecule has 0 aliphatic carbocycles. The summed E-state index contributed by atoms with van der Waals surface area (Å²) in [4.78, 5) is 27.2. The van der Waals surface area contributed by atoms with Crippen LogP contribution in [-0.2, 0) is 4.79 Å².